The lowest BCUT2D eigenvalue weighted by molar-refractivity contribution is -0.134. The molecule has 1 fully saturated rings. The highest BCUT2D eigenvalue weighted by Gasteiger charge is 2.35. The average Bonchev–Trinajstić information content (AvgIpc) is 3.40. The van der Waals surface area contributed by atoms with Gasteiger partial charge in [-0.25, -0.2) is 5.01 Å². The Kier molecular flexibility index (Phi) is 7.23. The number of likely N-dealkylation sites (tertiary alicyclic amines) is 1. The number of piperidine rings is 1. The quantitative estimate of drug-likeness (QED) is 0.447. The van der Waals surface area contributed by atoms with E-state index in [1.165, 1.54) is 0 Å². The summed E-state index contributed by atoms with van der Waals surface area (Å²) in [5.74, 6) is 0.986. The van der Waals surface area contributed by atoms with E-state index >= 15 is 0 Å². The number of rotatable bonds is 7. The molecule has 6 heteroatoms. The molecule has 0 aromatic heterocycles. The summed E-state index contributed by atoms with van der Waals surface area (Å²) in [6, 6.07) is 27.2. The van der Waals surface area contributed by atoms with Crippen molar-refractivity contribution in [2.75, 3.05) is 26.7 Å². The van der Waals surface area contributed by atoms with E-state index in [9.17, 15) is 9.59 Å². The number of carbonyl (C=O) groups is 2. The molecular formula is C30H31N3O3. The Bertz CT molecular complexity index is 1220. The maximum absolute atomic E-state index is 13.5. The van der Waals surface area contributed by atoms with Crippen LogP contribution < -0.4 is 4.74 Å². The third-order valence-corrected chi connectivity index (χ3v) is 7.15. The molecule has 2 aliphatic rings. The molecule has 2 aliphatic heterocycles. The molecule has 36 heavy (non-hydrogen) atoms. The molecule has 1 saturated heterocycles. The van der Waals surface area contributed by atoms with E-state index in [-0.39, 0.29) is 23.7 Å². The van der Waals surface area contributed by atoms with Crippen LogP contribution in [0.2, 0.25) is 0 Å². The summed E-state index contributed by atoms with van der Waals surface area (Å²) in [6.45, 7) is 1.75. The zero-order valence-electron chi connectivity index (χ0n) is 20.5. The Morgan fingerprint density at radius 2 is 1.53 bits per heavy atom. The monoisotopic (exact) mass is 481 g/mol. The van der Waals surface area contributed by atoms with E-state index in [0.717, 1.165) is 54.1 Å². The van der Waals surface area contributed by atoms with Gasteiger partial charge in [0.1, 0.15) is 5.75 Å². The molecule has 3 aromatic carbocycles. The first kappa shape index (κ1) is 23.9. The Balaban J connectivity index is 1.27. The minimum absolute atomic E-state index is 0.0142. The molecule has 2 heterocycles. The van der Waals surface area contributed by atoms with Gasteiger partial charge in [0.2, 0.25) is 0 Å². The van der Waals surface area contributed by atoms with Gasteiger partial charge in [0.05, 0.1) is 25.4 Å². The van der Waals surface area contributed by atoms with E-state index in [2.05, 4.69) is 4.90 Å². The van der Waals surface area contributed by atoms with Crippen molar-refractivity contribution >= 4 is 17.4 Å². The number of ketones is 1. The van der Waals surface area contributed by atoms with Crippen LogP contribution in [0.1, 0.15) is 46.8 Å². The maximum Gasteiger partial charge on any atom is 0.257 e. The number of hydrogen-bond acceptors (Lipinski definition) is 5. The zero-order valence-corrected chi connectivity index (χ0v) is 20.5. The van der Waals surface area contributed by atoms with Crippen molar-refractivity contribution in [2.45, 2.75) is 25.3 Å². The highest BCUT2D eigenvalue weighted by Crippen LogP contribution is 2.34. The van der Waals surface area contributed by atoms with Gasteiger partial charge < -0.3 is 4.74 Å². The van der Waals surface area contributed by atoms with E-state index in [1.54, 1.807) is 12.1 Å². The number of Topliss-reactive ketones (excluding diaryl/α,β-unsaturated/α-hetero) is 1. The minimum Gasteiger partial charge on any atom is -0.497 e. The normalized spacial score (nSPS) is 18.6. The van der Waals surface area contributed by atoms with Crippen molar-refractivity contribution in [1.82, 2.24) is 9.91 Å². The number of hydrazone groups is 1. The molecule has 1 amide bonds. The van der Waals surface area contributed by atoms with Crippen LogP contribution in [0.4, 0.5) is 0 Å². The molecular weight excluding hydrogens is 450 g/mol. The fourth-order valence-electron chi connectivity index (χ4n) is 5.09. The van der Waals surface area contributed by atoms with Crippen molar-refractivity contribution in [3.8, 4) is 5.75 Å². The Hall–Kier alpha value is -3.77. The van der Waals surface area contributed by atoms with E-state index < -0.39 is 0 Å². The van der Waals surface area contributed by atoms with Gasteiger partial charge in [-0.1, -0.05) is 72.8 Å². The van der Waals surface area contributed by atoms with E-state index in [4.69, 9.17) is 9.84 Å². The van der Waals surface area contributed by atoms with E-state index in [1.807, 2.05) is 84.9 Å². The Labute approximate surface area is 212 Å². The van der Waals surface area contributed by atoms with Gasteiger partial charge in [0.25, 0.3) is 5.91 Å². The summed E-state index contributed by atoms with van der Waals surface area (Å²) >= 11 is 0. The van der Waals surface area contributed by atoms with Crippen molar-refractivity contribution < 1.29 is 14.3 Å². The predicted molar refractivity (Wildman–Crippen MR) is 140 cm³/mol. The van der Waals surface area contributed by atoms with Crippen LogP contribution in [0.3, 0.4) is 0 Å². The molecule has 0 bridgehead atoms. The van der Waals surface area contributed by atoms with E-state index in [0.29, 0.717) is 13.0 Å². The number of carbonyl (C=O) groups excluding carboxylic acids is 2. The molecule has 0 spiro atoms. The lowest BCUT2D eigenvalue weighted by Gasteiger charge is -2.32. The highest BCUT2D eigenvalue weighted by atomic mass is 16.5. The smallest absolute Gasteiger partial charge is 0.257 e. The molecule has 0 N–H and O–H groups in total. The van der Waals surface area contributed by atoms with Crippen LogP contribution in [0.5, 0.6) is 5.75 Å². The molecule has 184 valence electrons. The van der Waals surface area contributed by atoms with Gasteiger partial charge in [0, 0.05) is 17.9 Å². The number of ether oxygens (including phenoxy) is 1. The third kappa shape index (κ3) is 5.24. The second-order valence-electron chi connectivity index (χ2n) is 9.42. The van der Waals surface area contributed by atoms with Gasteiger partial charge in [-0.2, -0.15) is 5.10 Å². The van der Waals surface area contributed by atoms with Crippen LogP contribution in [-0.2, 0) is 4.79 Å². The molecule has 0 saturated carbocycles. The number of nitrogens with zero attached hydrogens (tertiary/aromatic N) is 3. The van der Waals surface area contributed by atoms with Gasteiger partial charge in [-0.15, -0.1) is 0 Å². The lowest BCUT2D eigenvalue weighted by Crippen LogP contribution is -2.43. The van der Waals surface area contributed by atoms with Crippen LogP contribution in [-0.4, -0.2) is 54.1 Å². The number of benzene rings is 3. The van der Waals surface area contributed by atoms with Crippen molar-refractivity contribution in [3.63, 3.8) is 0 Å². The predicted octanol–water partition coefficient (Wildman–Crippen LogP) is 4.97. The van der Waals surface area contributed by atoms with Gasteiger partial charge in [-0.05, 0) is 49.2 Å². The van der Waals surface area contributed by atoms with Gasteiger partial charge in [0.15, 0.2) is 5.78 Å². The fraction of sp³-hybridized carbons (Fsp3) is 0.300. The molecule has 6 nitrogen and oxygen atoms in total. The summed E-state index contributed by atoms with van der Waals surface area (Å²) in [4.78, 5) is 28.5. The summed E-state index contributed by atoms with van der Waals surface area (Å²) in [6.07, 6.45) is 2.19. The molecule has 5 rings (SSSR count). The maximum atomic E-state index is 13.5. The second kappa shape index (κ2) is 10.9. The largest absolute Gasteiger partial charge is 0.497 e. The van der Waals surface area contributed by atoms with Gasteiger partial charge in [-0.3, -0.25) is 14.5 Å². The van der Waals surface area contributed by atoms with Crippen LogP contribution >= 0.6 is 0 Å². The first-order valence-electron chi connectivity index (χ1n) is 12.5. The first-order valence-corrected chi connectivity index (χ1v) is 12.5. The summed E-state index contributed by atoms with van der Waals surface area (Å²) in [5.41, 5.74) is 3.75. The summed E-state index contributed by atoms with van der Waals surface area (Å²) in [5, 5.41) is 6.45. The minimum atomic E-state index is -0.157. The zero-order chi connectivity index (χ0) is 24.9. The molecule has 3 aromatic rings. The SMILES string of the molecule is COc1ccc(C2CC(c3ccccc3)=NN2C(=O)CN2CCC(C(=O)c3ccccc3)CC2)cc1. The first-order chi connectivity index (χ1) is 17.6. The third-order valence-electron chi connectivity index (χ3n) is 7.15. The summed E-state index contributed by atoms with van der Waals surface area (Å²) < 4.78 is 5.31. The molecule has 0 aliphatic carbocycles. The number of hydrogen-bond donors (Lipinski definition) is 0. The van der Waals surface area contributed by atoms with Crippen molar-refractivity contribution in [2.24, 2.45) is 11.0 Å². The van der Waals surface area contributed by atoms with Crippen molar-refractivity contribution in [1.29, 1.82) is 0 Å². The van der Waals surface area contributed by atoms with Crippen LogP contribution in [0, 0.1) is 5.92 Å². The fourth-order valence-corrected chi connectivity index (χ4v) is 5.09. The molecule has 1 unspecified atom stereocenters. The number of amides is 1. The van der Waals surface area contributed by atoms with Gasteiger partial charge >= 0.3 is 0 Å². The second-order valence-corrected chi connectivity index (χ2v) is 9.42. The molecule has 1 atom stereocenters. The standard InChI is InChI=1S/C30H31N3O3/c1-36-26-14-12-23(13-15-26)28-20-27(22-8-4-2-5-9-22)31-33(28)29(34)21-32-18-16-25(17-19-32)30(35)24-10-6-3-7-11-24/h2-15,25,28H,16-21H2,1H3. The summed E-state index contributed by atoms with van der Waals surface area (Å²) in [7, 11) is 1.65. The Morgan fingerprint density at radius 1 is 0.889 bits per heavy atom. The Morgan fingerprint density at radius 3 is 2.17 bits per heavy atom. The molecule has 0 radical (unpaired) electrons. The highest BCUT2D eigenvalue weighted by molar-refractivity contribution is 6.03. The van der Waals surface area contributed by atoms with Crippen LogP contribution in [0.25, 0.3) is 0 Å². The van der Waals surface area contributed by atoms with Crippen molar-refractivity contribution in [3.05, 3.63) is 102 Å². The lowest BCUT2D eigenvalue weighted by atomic mass is 9.89. The topological polar surface area (TPSA) is 62.2 Å². The van der Waals surface area contributed by atoms with Crippen LogP contribution in [0.15, 0.2) is 90.0 Å². The number of methoxy groups -OCH3 is 1. The average molecular weight is 482 g/mol.